The molecule has 1 aromatic heterocycles. The summed E-state index contributed by atoms with van der Waals surface area (Å²) >= 11 is 0. The maximum absolute atomic E-state index is 6.38. The van der Waals surface area contributed by atoms with Crippen LogP contribution in [0, 0.1) is 0 Å². The smallest absolute Gasteiger partial charge is 0.135 e. The van der Waals surface area contributed by atoms with Gasteiger partial charge >= 0.3 is 0 Å². The molecule has 2 heteroatoms. The lowest BCUT2D eigenvalue weighted by molar-refractivity contribution is 0.590. The third kappa shape index (κ3) is 6.08. The van der Waals surface area contributed by atoms with Crippen LogP contribution in [0.1, 0.15) is 51.3 Å². The average Bonchev–Trinajstić information content (AvgIpc) is 3.77. The highest BCUT2D eigenvalue weighted by Crippen LogP contribution is 2.51. The zero-order chi connectivity index (χ0) is 41.5. The summed E-state index contributed by atoms with van der Waals surface area (Å²) in [5.74, 6) is 0. The lowest BCUT2D eigenvalue weighted by Crippen LogP contribution is -2.15. The third-order valence-electron chi connectivity index (χ3n) is 13.0. The Morgan fingerprint density at radius 1 is 0.426 bits per heavy atom. The molecule has 0 N–H and O–H groups in total. The van der Waals surface area contributed by atoms with Crippen LogP contribution in [0.25, 0.3) is 77.2 Å². The highest BCUT2D eigenvalue weighted by Gasteiger charge is 2.35. The number of rotatable bonds is 6. The first kappa shape index (κ1) is 36.9. The van der Waals surface area contributed by atoms with Gasteiger partial charge in [0.05, 0.1) is 11.4 Å². The highest BCUT2D eigenvalue weighted by molar-refractivity contribution is 6.09. The average molecular weight is 786 g/mol. The molecule has 10 aromatic rings. The Hall–Kier alpha value is -7.16. The summed E-state index contributed by atoms with van der Waals surface area (Å²) in [7, 11) is 0. The van der Waals surface area contributed by atoms with Crippen molar-refractivity contribution in [1.29, 1.82) is 0 Å². The topological polar surface area (TPSA) is 16.4 Å². The molecule has 0 bridgehead atoms. The fourth-order valence-electron chi connectivity index (χ4n) is 9.77. The van der Waals surface area contributed by atoms with E-state index in [1.165, 1.54) is 66.4 Å². The molecular weight excluding hydrogens is 739 g/mol. The van der Waals surface area contributed by atoms with Gasteiger partial charge in [-0.3, -0.25) is 0 Å². The first-order valence-corrected chi connectivity index (χ1v) is 21.4. The maximum atomic E-state index is 6.38. The van der Waals surface area contributed by atoms with Crippen molar-refractivity contribution >= 4 is 49.8 Å². The molecule has 294 valence electrons. The molecule has 11 rings (SSSR count). The minimum Gasteiger partial charge on any atom is -0.456 e. The van der Waals surface area contributed by atoms with Crippen molar-refractivity contribution < 1.29 is 4.42 Å². The van der Waals surface area contributed by atoms with Crippen LogP contribution in [-0.2, 0) is 10.8 Å². The molecule has 0 saturated carbocycles. The first-order chi connectivity index (χ1) is 29.6. The van der Waals surface area contributed by atoms with Crippen LogP contribution in [0.4, 0.5) is 17.1 Å². The molecule has 0 amide bonds. The molecular formula is C59H47NO. The van der Waals surface area contributed by atoms with Crippen molar-refractivity contribution in [2.24, 2.45) is 0 Å². The summed E-state index contributed by atoms with van der Waals surface area (Å²) in [4.78, 5) is 2.48. The van der Waals surface area contributed by atoms with Gasteiger partial charge < -0.3 is 9.32 Å². The molecule has 0 aliphatic heterocycles. The van der Waals surface area contributed by atoms with E-state index in [1.807, 2.05) is 6.07 Å². The Morgan fingerprint density at radius 2 is 1.08 bits per heavy atom. The van der Waals surface area contributed by atoms with Gasteiger partial charge in [-0.2, -0.15) is 0 Å². The normalized spacial score (nSPS) is 13.1. The number of furan rings is 1. The molecule has 0 fully saturated rings. The summed E-state index contributed by atoms with van der Waals surface area (Å²) in [5.41, 5.74) is 18.9. The Balaban J connectivity index is 1.13. The fourth-order valence-corrected chi connectivity index (χ4v) is 9.77. The second-order valence-electron chi connectivity index (χ2n) is 18.2. The monoisotopic (exact) mass is 785 g/mol. The Bertz CT molecular complexity index is 3310. The number of hydrogen-bond acceptors (Lipinski definition) is 2. The predicted molar refractivity (Wildman–Crippen MR) is 258 cm³/mol. The maximum Gasteiger partial charge on any atom is 0.135 e. The molecule has 1 aliphatic carbocycles. The number of hydrogen-bond donors (Lipinski definition) is 0. The van der Waals surface area contributed by atoms with Gasteiger partial charge in [0.2, 0.25) is 0 Å². The van der Waals surface area contributed by atoms with Crippen LogP contribution in [0.15, 0.2) is 199 Å². The van der Waals surface area contributed by atoms with Crippen molar-refractivity contribution in [3.05, 3.63) is 211 Å². The van der Waals surface area contributed by atoms with E-state index in [1.54, 1.807) is 0 Å². The summed E-state index contributed by atoms with van der Waals surface area (Å²) in [6.45, 7) is 11.6. The zero-order valence-electron chi connectivity index (χ0n) is 35.3. The summed E-state index contributed by atoms with van der Waals surface area (Å²) in [6.07, 6.45) is 0. The molecule has 0 spiro atoms. The van der Waals surface area contributed by atoms with E-state index in [0.717, 1.165) is 44.6 Å². The number of nitrogens with zero attached hydrogens (tertiary/aromatic N) is 1. The lowest BCUT2D eigenvalue weighted by atomic mass is 9.81. The van der Waals surface area contributed by atoms with E-state index in [-0.39, 0.29) is 10.8 Å². The van der Waals surface area contributed by atoms with E-state index in [4.69, 9.17) is 4.42 Å². The third-order valence-corrected chi connectivity index (χ3v) is 13.0. The fraction of sp³-hybridized carbons (Fsp3) is 0.119. The van der Waals surface area contributed by atoms with Gasteiger partial charge in [-0.25, -0.2) is 0 Å². The molecule has 0 saturated heterocycles. The molecule has 9 aromatic carbocycles. The minimum absolute atomic E-state index is 0.0318. The quantitative estimate of drug-likeness (QED) is 0.167. The van der Waals surface area contributed by atoms with Crippen molar-refractivity contribution in [1.82, 2.24) is 0 Å². The Kier molecular flexibility index (Phi) is 8.44. The molecule has 61 heavy (non-hydrogen) atoms. The van der Waals surface area contributed by atoms with Crippen LogP contribution >= 0.6 is 0 Å². The standard InChI is InChI=1S/C59H47NO/c1-58(2,3)43-29-33-53(49(36-43)39-15-7-6-8-16-39)60(44-30-34-56-50(37-44)48-20-12-14-22-55(48)61-56)54-32-28-40-17-9-10-18-45(40)57(54)41-25-23-38(24-26-41)42-27-31-47-46-19-11-13-21-51(46)59(4,5)52(47)35-42/h6-37H,1-5H3. The van der Waals surface area contributed by atoms with Gasteiger partial charge in [0.15, 0.2) is 0 Å². The van der Waals surface area contributed by atoms with Crippen LogP contribution in [0.2, 0.25) is 0 Å². The van der Waals surface area contributed by atoms with E-state index in [9.17, 15) is 0 Å². The lowest BCUT2D eigenvalue weighted by Gasteiger charge is -2.32. The van der Waals surface area contributed by atoms with Crippen LogP contribution in [0.3, 0.4) is 0 Å². The molecule has 0 radical (unpaired) electrons. The van der Waals surface area contributed by atoms with Crippen molar-refractivity contribution in [3.63, 3.8) is 0 Å². The van der Waals surface area contributed by atoms with Gasteiger partial charge in [0, 0.05) is 33.0 Å². The number of benzene rings is 9. The van der Waals surface area contributed by atoms with E-state index in [2.05, 4.69) is 228 Å². The largest absolute Gasteiger partial charge is 0.456 e. The van der Waals surface area contributed by atoms with Crippen molar-refractivity contribution in [3.8, 4) is 44.5 Å². The van der Waals surface area contributed by atoms with E-state index in [0.29, 0.717) is 0 Å². The van der Waals surface area contributed by atoms with E-state index >= 15 is 0 Å². The summed E-state index contributed by atoms with van der Waals surface area (Å²) < 4.78 is 6.38. The minimum atomic E-state index is -0.0569. The highest BCUT2D eigenvalue weighted by atomic mass is 16.3. The van der Waals surface area contributed by atoms with Gasteiger partial charge in [-0.1, -0.05) is 180 Å². The second kappa shape index (κ2) is 14.0. The van der Waals surface area contributed by atoms with Crippen molar-refractivity contribution in [2.45, 2.75) is 45.4 Å². The molecule has 1 aliphatic rings. The van der Waals surface area contributed by atoms with Gasteiger partial charge in [0.25, 0.3) is 0 Å². The number of para-hydroxylation sites is 1. The number of fused-ring (bicyclic) bond motifs is 7. The SMILES string of the molecule is CC(C)(C)c1ccc(N(c2ccc3oc4ccccc4c3c2)c2ccc3ccccc3c2-c2ccc(-c3ccc4c(c3)C(C)(C)c3ccccc3-4)cc2)c(-c2ccccc2)c1. The Morgan fingerprint density at radius 3 is 1.90 bits per heavy atom. The Labute approximate surface area is 358 Å². The summed E-state index contributed by atoms with van der Waals surface area (Å²) in [5, 5.41) is 4.61. The van der Waals surface area contributed by atoms with E-state index < -0.39 is 0 Å². The van der Waals surface area contributed by atoms with Crippen LogP contribution < -0.4 is 4.90 Å². The van der Waals surface area contributed by atoms with Gasteiger partial charge in [0.1, 0.15) is 11.2 Å². The van der Waals surface area contributed by atoms with Crippen LogP contribution in [0.5, 0.6) is 0 Å². The molecule has 2 nitrogen and oxygen atoms in total. The zero-order valence-corrected chi connectivity index (χ0v) is 35.3. The second-order valence-corrected chi connectivity index (χ2v) is 18.2. The predicted octanol–water partition coefficient (Wildman–Crippen LogP) is 16.8. The molecule has 0 atom stereocenters. The van der Waals surface area contributed by atoms with Crippen molar-refractivity contribution in [2.75, 3.05) is 4.90 Å². The summed E-state index contributed by atoms with van der Waals surface area (Å²) in [6, 6.07) is 71.4. The molecule has 1 heterocycles. The van der Waals surface area contributed by atoms with Gasteiger partial charge in [-0.05, 0) is 115 Å². The molecule has 0 unspecified atom stereocenters. The number of anilines is 3. The van der Waals surface area contributed by atoms with Gasteiger partial charge in [-0.15, -0.1) is 0 Å². The first-order valence-electron chi connectivity index (χ1n) is 21.4. The van der Waals surface area contributed by atoms with Crippen LogP contribution in [-0.4, -0.2) is 0 Å².